The average molecular weight is 604 g/mol. The molecule has 2 atom stereocenters. The summed E-state index contributed by atoms with van der Waals surface area (Å²) in [5.41, 5.74) is -0.0740. The molecular weight excluding hydrogens is 581 g/mol. The van der Waals surface area contributed by atoms with Crippen LogP contribution in [0.1, 0.15) is 64.8 Å². The molecule has 43 heavy (non-hydrogen) atoms. The smallest absolute Gasteiger partial charge is 0.484 e. The third-order valence-corrected chi connectivity index (χ3v) is 7.02. The van der Waals surface area contributed by atoms with Crippen molar-refractivity contribution < 1.29 is 50.8 Å². The van der Waals surface area contributed by atoms with Crippen molar-refractivity contribution in [1.29, 1.82) is 0 Å². The molecule has 0 fully saturated rings. The highest BCUT2D eigenvalue weighted by Crippen LogP contribution is 2.44. The summed E-state index contributed by atoms with van der Waals surface area (Å²) in [4.78, 5) is 15.4. The second-order valence-electron chi connectivity index (χ2n) is 9.94. The lowest BCUT2D eigenvalue weighted by Gasteiger charge is -2.26. The second kappa shape index (κ2) is 10.4. The Morgan fingerprint density at radius 2 is 1.84 bits per heavy atom. The number of aromatic carboxylic acids is 1. The van der Waals surface area contributed by atoms with Crippen molar-refractivity contribution in [2.45, 2.75) is 50.9 Å². The molecule has 0 spiro atoms. The number of carboxylic acid groups (broad SMARTS) is 1. The second-order valence-corrected chi connectivity index (χ2v) is 9.94. The molecule has 1 aliphatic heterocycles. The fourth-order valence-corrected chi connectivity index (χ4v) is 5.08. The molecule has 2 aromatic carbocycles. The van der Waals surface area contributed by atoms with Crippen molar-refractivity contribution in [3.05, 3.63) is 88.9 Å². The van der Waals surface area contributed by atoms with Crippen LogP contribution >= 0.6 is 0 Å². The minimum Gasteiger partial charge on any atom is -0.484 e. The molecule has 2 aromatic heterocycles. The summed E-state index contributed by atoms with van der Waals surface area (Å²) < 4.78 is 91.1. The number of benzene rings is 2. The van der Waals surface area contributed by atoms with Gasteiger partial charge in [0.1, 0.15) is 18.0 Å². The quantitative estimate of drug-likeness (QED) is 0.228. The van der Waals surface area contributed by atoms with Gasteiger partial charge in [-0.3, -0.25) is 0 Å². The van der Waals surface area contributed by atoms with Gasteiger partial charge in [0.05, 0.1) is 16.9 Å². The van der Waals surface area contributed by atoms with Gasteiger partial charge < -0.3 is 24.1 Å². The maximum atomic E-state index is 14.1. The molecule has 3 heterocycles. The molecule has 0 bridgehead atoms. The molecule has 9 nitrogen and oxygen atoms in total. The first kappa shape index (κ1) is 28.2. The Morgan fingerprint density at radius 3 is 2.56 bits per heavy atom. The molecule has 0 amide bonds. The molecule has 0 unspecified atom stereocenters. The molecule has 14 heteroatoms. The zero-order valence-electron chi connectivity index (χ0n) is 22.3. The topological polar surface area (TPSA) is 105 Å². The average Bonchev–Trinajstić information content (AvgIpc) is 3.50. The first-order valence-corrected chi connectivity index (χ1v) is 13.1. The van der Waals surface area contributed by atoms with E-state index in [0.29, 0.717) is 24.2 Å². The minimum atomic E-state index is -4.72. The summed E-state index contributed by atoms with van der Waals surface area (Å²) >= 11 is 0. The Balaban J connectivity index is 1.31. The summed E-state index contributed by atoms with van der Waals surface area (Å²) in [7, 11) is 0. The van der Waals surface area contributed by atoms with E-state index in [4.69, 9.17) is 14.6 Å². The van der Waals surface area contributed by atoms with Crippen molar-refractivity contribution in [3.8, 4) is 28.8 Å². The fourth-order valence-electron chi connectivity index (χ4n) is 5.08. The van der Waals surface area contributed by atoms with Crippen molar-refractivity contribution in [2.24, 2.45) is 0 Å². The number of alkyl halides is 5. The van der Waals surface area contributed by atoms with Crippen LogP contribution < -0.4 is 18.9 Å². The number of pyridine rings is 1. The van der Waals surface area contributed by atoms with Crippen LogP contribution in [0.15, 0.2) is 60.8 Å². The van der Waals surface area contributed by atoms with Gasteiger partial charge >= 0.3 is 18.4 Å². The van der Waals surface area contributed by atoms with Gasteiger partial charge in [-0.25, -0.2) is 14.5 Å². The van der Waals surface area contributed by atoms with E-state index in [0.717, 1.165) is 4.68 Å². The van der Waals surface area contributed by atoms with Crippen LogP contribution in [-0.2, 0) is 12.6 Å². The van der Waals surface area contributed by atoms with E-state index in [1.54, 1.807) is 6.92 Å². The van der Waals surface area contributed by atoms with E-state index < -0.39 is 36.3 Å². The zero-order valence-corrected chi connectivity index (χ0v) is 22.3. The van der Waals surface area contributed by atoms with E-state index >= 15 is 0 Å². The molecule has 0 saturated carbocycles. The molecular formula is C29H22F5N3O6. The number of rotatable bonds is 7. The standard InChI is InChI=1S/C29H22F5N3O6/c1-15(17-7-10-21-23(13-17)43-29(33,34)42-21)40-24-14-18(11-12-35-24)37-25-20(26(36-37)28(30,31)32)3-2-4-22(25)41-19-8-5-16(6-9-19)27(38)39/h5-15,22H,2-4H2,1H3,(H,38,39)/t15-,22-/m0/s1. The van der Waals surface area contributed by atoms with Crippen molar-refractivity contribution in [1.82, 2.24) is 14.8 Å². The van der Waals surface area contributed by atoms with Gasteiger partial charge in [-0.2, -0.15) is 18.3 Å². The number of hydrogen-bond donors (Lipinski definition) is 1. The lowest BCUT2D eigenvalue weighted by Crippen LogP contribution is -2.25. The lowest BCUT2D eigenvalue weighted by atomic mass is 9.93. The number of carboxylic acids is 1. The van der Waals surface area contributed by atoms with Gasteiger partial charge in [0, 0.05) is 17.8 Å². The van der Waals surface area contributed by atoms with Gasteiger partial charge in [0.2, 0.25) is 5.88 Å². The van der Waals surface area contributed by atoms with Gasteiger partial charge in [-0.05, 0) is 74.2 Å². The molecule has 1 N–H and O–H groups in total. The first-order valence-electron chi connectivity index (χ1n) is 13.1. The van der Waals surface area contributed by atoms with Crippen LogP contribution in [0, 0.1) is 0 Å². The summed E-state index contributed by atoms with van der Waals surface area (Å²) in [6.45, 7) is 1.64. The number of fused-ring (bicyclic) bond motifs is 2. The Morgan fingerprint density at radius 1 is 1.09 bits per heavy atom. The number of nitrogens with zero attached hydrogens (tertiary/aromatic N) is 3. The maximum absolute atomic E-state index is 14.1. The highest BCUT2D eigenvalue weighted by Gasteiger charge is 2.44. The summed E-state index contributed by atoms with van der Waals surface area (Å²) in [5, 5.41) is 13.1. The van der Waals surface area contributed by atoms with E-state index in [9.17, 15) is 26.7 Å². The fraction of sp³-hybridized carbons (Fsp3) is 0.276. The van der Waals surface area contributed by atoms with E-state index in [-0.39, 0.29) is 46.3 Å². The normalized spacial score (nSPS) is 17.7. The number of ether oxygens (including phenoxy) is 4. The first-order chi connectivity index (χ1) is 20.4. The number of carbonyl (C=O) groups is 1. The largest absolute Gasteiger partial charge is 0.586 e. The van der Waals surface area contributed by atoms with Crippen LogP contribution in [-0.4, -0.2) is 32.1 Å². The Labute approximate surface area is 240 Å². The monoisotopic (exact) mass is 603 g/mol. The minimum absolute atomic E-state index is 0.00992. The van der Waals surface area contributed by atoms with Crippen molar-refractivity contribution in [3.63, 3.8) is 0 Å². The molecule has 0 saturated heterocycles. The van der Waals surface area contributed by atoms with Crippen LogP contribution in [0.3, 0.4) is 0 Å². The van der Waals surface area contributed by atoms with Crippen LogP contribution in [0.5, 0.6) is 23.1 Å². The highest BCUT2D eigenvalue weighted by atomic mass is 19.4. The number of halogens is 5. The molecule has 4 aromatic rings. The SMILES string of the molecule is C[C@H](Oc1cc(-n2nc(C(F)(F)F)c3c2[C@@H](Oc2ccc(C(=O)O)cc2)CCC3)ccn1)c1ccc2c(c1)OC(F)(F)O2. The number of hydrogen-bond acceptors (Lipinski definition) is 7. The molecule has 0 radical (unpaired) electrons. The van der Waals surface area contributed by atoms with Gasteiger partial charge in [0.25, 0.3) is 0 Å². The molecule has 1 aliphatic carbocycles. The van der Waals surface area contributed by atoms with E-state index in [1.807, 2.05) is 0 Å². The van der Waals surface area contributed by atoms with E-state index in [2.05, 4.69) is 19.6 Å². The van der Waals surface area contributed by atoms with Crippen molar-refractivity contribution in [2.75, 3.05) is 0 Å². The van der Waals surface area contributed by atoms with Gasteiger partial charge in [0.15, 0.2) is 17.2 Å². The summed E-state index contributed by atoms with van der Waals surface area (Å²) in [5.74, 6) is -1.07. The van der Waals surface area contributed by atoms with Gasteiger partial charge in [-0.1, -0.05) is 6.07 Å². The Hall–Kier alpha value is -4.88. The zero-order chi connectivity index (χ0) is 30.5. The molecule has 6 rings (SSSR count). The molecule has 224 valence electrons. The highest BCUT2D eigenvalue weighted by molar-refractivity contribution is 5.87. The van der Waals surface area contributed by atoms with Crippen LogP contribution in [0.2, 0.25) is 0 Å². The third kappa shape index (κ3) is 5.64. The predicted octanol–water partition coefficient (Wildman–Crippen LogP) is 6.90. The lowest BCUT2D eigenvalue weighted by molar-refractivity contribution is -0.286. The Kier molecular flexibility index (Phi) is 6.86. The maximum Gasteiger partial charge on any atom is 0.586 e. The van der Waals surface area contributed by atoms with Gasteiger partial charge in [-0.15, -0.1) is 8.78 Å². The summed E-state index contributed by atoms with van der Waals surface area (Å²) in [6.07, 6.45) is -7.73. The van der Waals surface area contributed by atoms with Crippen molar-refractivity contribution >= 4 is 5.97 Å². The van der Waals surface area contributed by atoms with E-state index in [1.165, 1.54) is 60.8 Å². The van der Waals surface area contributed by atoms with Crippen LogP contribution in [0.25, 0.3) is 5.69 Å². The van der Waals surface area contributed by atoms with Crippen LogP contribution in [0.4, 0.5) is 22.0 Å². The molecule has 2 aliphatic rings. The third-order valence-electron chi connectivity index (χ3n) is 7.02. The number of aromatic nitrogens is 3. The Bertz CT molecular complexity index is 1690. The predicted molar refractivity (Wildman–Crippen MR) is 138 cm³/mol. The summed E-state index contributed by atoms with van der Waals surface area (Å²) in [6, 6.07) is 12.6.